The van der Waals surface area contributed by atoms with Crippen molar-refractivity contribution in [3.8, 4) is 0 Å². The highest BCUT2D eigenvalue weighted by atomic mass is 32.1. The number of hydrogen-bond acceptors (Lipinski definition) is 3. The molecule has 1 aromatic heterocycles. The summed E-state index contributed by atoms with van der Waals surface area (Å²) in [5, 5.41) is 6.49. The van der Waals surface area contributed by atoms with Gasteiger partial charge < -0.3 is 16.4 Å². The lowest BCUT2D eigenvalue weighted by Crippen LogP contribution is -2.87. The molecule has 0 saturated carbocycles. The maximum atomic E-state index is 11.8. The number of nitrogens with one attached hydrogen (secondary N) is 1. The van der Waals surface area contributed by atoms with E-state index >= 15 is 0 Å². The van der Waals surface area contributed by atoms with Gasteiger partial charge in [-0.1, -0.05) is 35.9 Å². The molecule has 2 amide bonds. The fourth-order valence-electron chi connectivity index (χ4n) is 2.14. The standard InChI is InChI=1S/C16H19N3O2S/c1-11-4-6-12(7-5-11)16(13-3-2-8-22-13)19-10-15(21)18-9-14(17)20/h2-8,16,19H,9-10H2,1H3,(H2,17,20)(H,18,21)/p+1/t16-/m1/s1. The van der Waals surface area contributed by atoms with Crippen LogP contribution < -0.4 is 16.4 Å². The molecule has 5 nitrogen and oxygen atoms in total. The van der Waals surface area contributed by atoms with Gasteiger partial charge in [-0.05, 0) is 18.4 Å². The quantitative estimate of drug-likeness (QED) is 0.686. The highest BCUT2D eigenvalue weighted by molar-refractivity contribution is 7.10. The summed E-state index contributed by atoms with van der Waals surface area (Å²) in [5.41, 5.74) is 7.37. The summed E-state index contributed by atoms with van der Waals surface area (Å²) in [6, 6.07) is 12.4. The van der Waals surface area contributed by atoms with Gasteiger partial charge in [-0.15, -0.1) is 11.3 Å². The van der Waals surface area contributed by atoms with Crippen molar-refractivity contribution in [2.45, 2.75) is 13.0 Å². The molecular formula is C16H20N3O2S+. The van der Waals surface area contributed by atoms with Crippen molar-refractivity contribution in [1.82, 2.24) is 5.32 Å². The second-order valence-electron chi connectivity index (χ2n) is 5.09. The summed E-state index contributed by atoms with van der Waals surface area (Å²) in [5.74, 6) is -0.742. The lowest BCUT2D eigenvalue weighted by molar-refractivity contribution is -0.676. The highest BCUT2D eigenvalue weighted by Crippen LogP contribution is 2.22. The Kier molecular flexibility index (Phi) is 5.68. The van der Waals surface area contributed by atoms with Crippen molar-refractivity contribution in [2.24, 2.45) is 5.73 Å². The fourth-order valence-corrected chi connectivity index (χ4v) is 2.99. The number of benzene rings is 1. The number of carbonyl (C=O) groups is 2. The molecule has 6 heteroatoms. The predicted molar refractivity (Wildman–Crippen MR) is 86.3 cm³/mol. The Bertz CT molecular complexity index is 623. The Morgan fingerprint density at radius 2 is 2.00 bits per heavy atom. The number of quaternary nitrogens is 1. The number of primary amides is 1. The van der Waals surface area contributed by atoms with E-state index in [4.69, 9.17) is 5.73 Å². The molecule has 0 aliphatic heterocycles. The molecular weight excluding hydrogens is 298 g/mol. The third-order valence-corrected chi connectivity index (χ3v) is 4.24. The minimum atomic E-state index is -0.540. The molecule has 0 saturated heterocycles. The molecule has 2 aromatic rings. The van der Waals surface area contributed by atoms with Crippen LogP contribution in [-0.2, 0) is 9.59 Å². The minimum Gasteiger partial charge on any atom is -0.368 e. The molecule has 5 N–H and O–H groups in total. The molecule has 0 aliphatic carbocycles. The zero-order chi connectivity index (χ0) is 15.9. The van der Waals surface area contributed by atoms with Crippen LogP contribution in [0.15, 0.2) is 41.8 Å². The molecule has 0 unspecified atom stereocenters. The van der Waals surface area contributed by atoms with Crippen molar-refractivity contribution < 1.29 is 14.9 Å². The number of amides is 2. The van der Waals surface area contributed by atoms with E-state index in [0.717, 1.165) is 5.56 Å². The van der Waals surface area contributed by atoms with Crippen LogP contribution in [0.25, 0.3) is 0 Å². The van der Waals surface area contributed by atoms with E-state index < -0.39 is 5.91 Å². The fraction of sp³-hybridized carbons (Fsp3) is 0.250. The van der Waals surface area contributed by atoms with Crippen molar-refractivity contribution in [1.29, 1.82) is 0 Å². The van der Waals surface area contributed by atoms with Gasteiger partial charge in [-0.25, -0.2) is 0 Å². The summed E-state index contributed by atoms with van der Waals surface area (Å²) in [6.45, 7) is 2.16. The molecule has 0 radical (unpaired) electrons. The lowest BCUT2D eigenvalue weighted by atomic mass is 10.0. The van der Waals surface area contributed by atoms with E-state index in [0.29, 0.717) is 0 Å². The first-order valence-electron chi connectivity index (χ1n) is 7.04. The zero-order valence-electron chi connectivity index (χ0n) is 12.4. The number of hydrogen-bond donors (Lipinski definition) is 3. The summed E-state index contributed by atoms with van der Waals surface area (Å²) in [6.07, 6.45) is 0. The average Bonchev–Trinajstić information content (AvgIpc) is 3.01. The molecule has 0 spiro atoms. The summed E-state index contributed by atoms with van der Waals surface area (Å²) in [4.78, 5) is 23.6. The molecule has 22 heavy (non-hydrogen) atoms. The lowest BCUT2D eigenvalue weighted by Gasteiger charge is -2.15. The second-order valence-corrected chi connectivity index (χ2v) is 6.07. The van der Waals surface area contributed by atoms with Gasteiger partial charge in [0.15, 0.2) is 6.54 Å². The van der Waals surface area contributed by atoms with E-state index in [2.05, 4.69) is 35.6 Å². The van der Waals surface area contributed by atoms with Crippen LogP contribution in [0.3, 0.4) is 0 Å². The van der Waals surface area contributed by atoms with Gasteiger partial charge in [0.1, 0.15) is 6.04 Å². The second kappa shape index (κ2) is 7.72. The average molecular weight is 318 g/mol. The van der Waals surface area contributed by atoms with E-state index in [1.54, 1.807) is 11.3 Å². The van der Waals surface area contributed by atoms with Gasteiger partial charge in [0.05, 0.1) is 11.4 Å². The molecule has 1 aromatic carbocycles. The first-order chi connectivity index (χ1) is 10.6. The van der Waals surface area contributed by atoms with Crippen LogP contribution in [-0.4, -0.2) is 24.9 Å². The van der Waals surface area contributed by atoms with Crippen molar-refractivity contribution in [3.05, 3.63) is 57.8 Å². The smallest absolute Gasteiger partial charge is 0.275 e. The van der Waals surface area contributed by atoms with Crippen LogP contribution >= 0.6 is 11.3 Å². The van der Waals surface area contributed by atoms with Gasteiger partial charge in [0.25, 0.3) is 5.91 Å². The molecule has 0 bridgehead atoms. The van der Waals surface area contributed by atoms with Crippen molar-refractivity contribution in [3.63, 3.8) is 0 Å². The van der Waals surface area contributed by atoms with Gasteiger partial charge in [0, 0.05) is 5.56 Å². The van der Waals surface area contributed by atoms with Crippen molar-refractivity contribution >= 4 is 23.2 Å². The monoisotopic (exact) mass is 318 g/mol. The van der Waals surface area contributed by atoms with Crippen molar-refractivity contribution in [2.75, 3.05) is 13.1 Å². The summed E-state index contributed by atoms with van der Waals surface area (Å²) >= 11 is 1.66. The predicted octanol–water partition coefficient (Wildman–Crippen LogP) is 0.311. The van der Waals surface area contributed by atoms with E-state index in [1.807, 2.05) is 23.7 Å². The van der Waals surface area contributed by atoms with Gasteiger partial charge in [-0.2, -0.15) is 0 Å². The van der Waals surface area contributed by atoms with Crippen LogP contribution in [0.1, 0.15) is 22.0 Å². The van der Waals surface area contributed by atoms with Crippen LogP contribution in [0, 0.1) is 6.92 Å². The Hall–Kier alpha value is -2.18. The van der Waals surface area contributed by atoms with Crippen LogP contribution in [0.5, 0.6) is 0 Å². The summed E-state index contributed by atoms with van der Waals surface area (Å²) < 4.78 is 0. The molecule has 1 atom stereocenters. The number of thiophene rings is 1. The molecule has 0 aliphatic rings. The Balaban J connectivity index is 2.05. The van der Waals surface area contributed by atoms with Gasteiger partial charge >= 0.3 is 0 Å². The highest BCUT2D eigenvalue weighted by Gasteiger charge is 2.19. The molecule has 0 fully saturated rings. The van der Waals surface area contributed by atoms with Gasteiger partial charge in [0.2, 0.25) is 5.91 Å². The maximum absolute atomic E-state index is 11.8. The van der Waals surface area contributed by atoms with E-state index in [-0.39, 0.29) is 25.0 Å². The third-order valence-electron chi connectivity index (χ3n) is 3.28. The normalized spacial score (nSPS) is 11.9. The number of carbonyl (C=O) groups excluding carboxylic acids is 2. The molecule has 1 heterocycles. The zero-order valence-corrected chi connectivity index (χ0v) is 13.2. The first-order valence-corrected chi connectivity index (χ1v) is 7.92. The van der Waals surface area contributed by atoms with E-state index in [9.17, 15) is 9.59 Å². The molecule has 116 valence electrons. The van der Waals surface area contributed by atoms with Crippen LogP contribution in [0.4, 0.5) is 0 Å². The van der Waals surface area contributed by atoms with Gasteiger partial charge in [-0.3, -0.25) is 9.59 Å². The first kappa shape index (κ1) is 16.2. The number of aryl methyl sites for hydroxylation is 1. The minimum absolute atomic E-state index is 0.0694. The number of rotatable bonds is 7. The topological polar surface area (TPSA) is 88.8 Å². The number of nitrogens with two attached hydrogens (primary N) is 2. The molecule has 2 rings (SSSR count). The Morgan fingerprint density at radius 1 is 1.27 bits per heavy atom. The Labute approximate surface area is 133 Å². The Morgan fingerprint density at radius 3 is 2.59 bits per heavy atom. The van der Waals surface area contributed by atoms with E-state index in [1.165, 1.54) is 10.4 Å². The third kappa shape index (κ3) is 4.68. The SMILES string of the molecule is Cc1ccc([C@@H]([NH2+]CC(=O)NCC(N)=O)c2cccs2)cc1. The summed E-state index contributed by atoms with van der Waals surface area (Å²) in [7, 11) is 0. The van der Waals surface area contributed by atoms with Crippen LogP contribution in [0.2, 0.25) is 0 Å². The maximum Gasteiger partial charge on any atom is 0.275 e. The largest absolute Gasteiger partial charge is 0.368 e.